The van der Waals surface area contributed by atoms with Crippen molar-refractivity contribution in [1.82, 2.24) is 0 Å². The topological polar surface area (TPSA) is 44.5 Å². The average molecular weight is 213 g/mol. The van der Waals surface area contributed by atoms with Gasteiger partial charge in [0.25, 0.3) is 0 Å². The van der Waals surface area contributed by atoms with Crippen molar-refractivity contribution in [2.24, 2.45) is 0 Å². The molecule has 0 aliphatic heterocycles. The third-order valence-corrected chi connectivity index (χ3v) is 2.04. The summed E-state index contributed by atoms with van der Waals surface area (Å²) in [6.45, 7) is 2.53. The number of hydrogen-bond donors (Lipinski definition) is 1. The molecule has 1 unspecified atom stereocenters. The van der Waals surface area contributed by atoms with Gasteiger partial charge in [-0.25, -0.2) is 4.39 Å². The standard InChI is InChI=1S/C11H16FNO2/c1-8(5-6-14-2)15-9-3-4-11(13)10(12)7-9/h3-4,7-8H,5-6,13H2,1-2H3. The molecular weight excluding hydrogens is 197 g/mol. The van der Waals surface area contributed by atoms with E-state index >= 15 is 0 Å². The van der Waals surface area contributed by atoms with Crippen LogP contribution >= 0.6 is 0 Å². The van der Waals surface area contributed by atoms with Crippen LogP contribution in [0.2, 0.25) is 0 Å². The van der Waals surface area contributed by atoms with E-state index in [0.29, 0.717) is 12.4 Å². The van der Waals surface area contributed by atoms with Crippen molar-refractivity contribution in [3.05, 3.63) is 24.0 Å². The number of rotatable bonds is 5. The molecule has 2 N–H and O–H groups in total. The molecule has 0 saturated heterocycles. The summed E-state index contributed by atoms with van der Waals surface area (Å²) in [5.74, 6) is 0.0387. The molecule has 0 aliphatic carbocycles. The van der Waals surface area contributed by atoms with Crippen molar-refractivity contribution in [1.29, 1.82) is 0 Å². The Balaban J connectivity index is 2.53. The molecule has 0 aliphatic rings. The van der Waals surface area contributed by atoms with Gasteiger partial charge in [-0.2, -0.15) is 0 Å². The van der Waals surface area contributed by atoms with Gasteiger partial charge in [0.2, 0.25) is 0 Å². The third kappa shape index (κ3) is 3.75. The van der Waals surface area contributed by atoms with E-state index in [2.05, 4.69) is 0 Å². The quantitative estimate of drug-likeness (QED) is 0.763. The van der Waals surface area contributed by atoms with Gasteiger partial charge < -0.3 is 15.2 Å². The monoisotopic (exact) mass is 213 g/mol. The first-order valence-corrected chi connectivity index (χ1v) is 4.84. The molecule has 1 aromatic carbocycles. The lowest BCUT2D eigenvalue weighted by molar-refractivity contribution is 0.135. The molecule has 0 fully saturated rings. The summed E-state index contributed by atoms with van der Waals surface area (Å²) in [7, 11) is 1.63. The summed E-state index contributed by atoms with van der Waals surface area (Å²) in [5, 5.41) is 0. The normalized spacial score (nSPS) is 12.5. The van der Waals surface area contributed by atoms with E-state index < -0.39 is 5.82 Å². The maximum atomic E-state index is 13.1. The van der Waals surface area contributed by atoms with Crippen molar-refractivity contribution in [2.45, 2.75) is 19.4 Å². The minimum atomic E-state index is -0.452. The van der Waals surface area contributed by atoms with E-state index in [1.165, 1.54) is 12.1 Å². The van der Waals surface area contributed by atoms with E-state index in [1.807, 2.05) is 6.92 Å². The Labute approximate surface area is 89.0 Å². The fraction of sp³-hybridized carbons (Fsp3) is 0.455. The number of nitrogens with two attached hydrogens (primary N) is 1. The highest BCUT2D eigenvalue weighted by atomic mass is 19.1. The molecule has 0 heterocycles. The van der Waals surface area contributed by atoms with Gasteiger partial charge in [0, 0.05) is 26.2 Å². The fourth-order valence-electron chi connectivity index (χ4n) is 1.16. The number of benzene rings is 1. The largest absolute Gasteiger partial charge is 0.491 e. The van der Waals surface area contributed by atoms with Crippen molar-refractivity contribution in [3.8, 4) is 5.75 Å². The van der Waals surface area contributed by atoms with Gasteiger partial charge in [0.05, 0.1) is 11.8 Å². The van der Waals surface area contributed by atoms with Crippen LogP contribution in [0.1, 0.15) is 13.3 Å². The highest BCUT2D eigenvalue weighted by Gasteiger charge is 2.05. The lowest BCUT2D eigenvalue weighted by Gasteiger charge is -2.14. The van der Waals surface area contributed by atoms with Crippen LogP contribution < -0.4 is 10.5 Å². The molecule has 1 rings (SSSR count). The Bertz CT molecular complexity index is 317. The first kappa shape index (κ1) is 11.8. The molecular formula is C11H16FNO2. The molecule has 0 aromatic heterocycles. The first-order valence-electron chi connectivity index (χ1n) is 4.84. The van der Waals surface area contributed by atoms with E-state index in [-0.39, 0.29) is 11.8 Å². The molecule has 3 nitrogen and oxygen atoms in total. The van der Waals surface area contributed by atoms with Crippen LogP contribution in [0.25, 0.3) is 0 Å². The van der Waals surface area contributed by atoms with E-state index in [4.69, 9.17) is 15.2 Å². The van der Waals surface area contributed by atoms with Crippen LogP contribution in [0.3, 0.4) is 0 Å². The molecule has 1 atom stereocenters. The Morgan fingerprint density at radius 2 is 2.20 bits per heavy atom. The Morgan fingerprint density at radius 1 is 1.47 bits per heavy atom. The van der Waals surface area contributed by atoms with Crippen LogP contribution in [0.4, 0.5) is 10.1 Å². The second-order valence-electron chi connectivity index (χ2n) is 3.39. The summed E-state index contributed by atoms with van der Waals surface area (Å²) in [4.78, 5) is 0. The molecule has 0 amide bonds. The van der Waals surface area contributed by atoms with Gasteiger partial charge >= 0.3 is 0 Å². The molecule has 84 valence electrons. The van der Waals surface area contributed by atoms with Crippen LogP contribution in [0.15, 0.2) is 18.2 Å². The predicted octanol–water partition coefficient (Wildman–Crippen LogP) is 2.21. The van der Waals surface area contributed by atoms with Crippen molar-refractivity contribution >= 4 is 5.69 Å². The van der Waals surface area contributed by atoms with Crippen LogP contribution in [-0.2, 0) is 4.74 Å². The zero-order chi connectivity index (χ0) is 11.3. The average Bonchev–Trinajstić information content (AvgIpc) is 2.20. The van der Waals surface area contributed by atoms with Gasteiger partial charge in [-0.05, 0) is 19.1 Å². The number of ether oxygens (including phenoxy) is 2. The zero-order valence-corrected chi connectivity index (χ0v) is 9.00. The second-order valence-corrected chi connectivity index (χ2v) is 3.39. The van der Waals surface area contributed by atoms with Crippen LogP contribution in [0.5, 0.6) is 5.75 Å². The third-order valence-electron chi connectivity index (χ3n) is 2.04. The molecule has 0 radical (unpaired) electrons. The summed E-state index contributed by atoms with van der Waals surface area (Å²) in [6, 6.07) is 4.44. The summed E-state index contributed by atoms with van der Waals surface area (Å²) < 4.78 is 23.4. The number of anilines is 1. The maximum absolute atomic E-state index is 13.1. The van der Waals surface area contributed by atoms with Gasteiger partial charge in [-0.15, -0.1) is 0 Å². The molecule has 0 saturated carbocycles. The first-order chi connectivity index (χ1) is 7.13. The maximum Gasteiger partial charge on any atom is 0.149 e. The van der Waals surface area contributed by atoms with Gasteiger partial charge in [0.1, 0.15) is 11.6 Å². The van der Waals surface area contributed by atoms with Crippen molar-refractivity contribution in [3.63, 3.8) is 0 Å². The molecule has 4 heteroatoms. The summed E-state index contributed by atoms with van der Waals surface area (Å²) in [5.41, 5.74) is 5.48. The lowest BCUT2D eigenvalue weighted by atomic mass is 10.2. The Hall–Kier alpha value is -1.29. The SMILES string of the molecule is COCCC(C)Oc1ccc(N)c(F)c1. The van der Waals surface area contributed by atoms with Gasteiger partial charge in [-0.1, -0.05) is 0 Å². The molecule has 0 bridgehead atoms. The summed E-state index contributed by atoms with van der Waals surface area (Å²) in [6.07, 6.45) is 0.760. The van der Waals surface area contributed by atoms with E-state index in [0.717, 1.165) is 6.42 Å². The number of hydrogen-bond acceptors (Lipinski definition) is 3. The minimum Gasteiger partial charge on any atom is -0.491 e. The second kappa shape index (κ2) is 5.56. The Kier molecular flexibility index (Phi) is 4.37. The Morgan fingerprint density at radius 3 is 2.80 bits per heavy atom. The highest BCUT2D eigenvalue weighted by Crippen LogP contribution is 2.19. The molecule has 15 heavy (non-hydrogen) atoms. The van der Waals surface area contributed by atoms with Gasteiger partial charge in [0.15, 0.2) is 0 Å². The van der Waals surface area contributed by atoms with Crippen LogP contribution in [-0.4, -0.2) is 19.8 Å². The highest BCUT2D eigenvalue weighted by molar-refractivity contribution is 5.43. The minimum absolute atomic E-state index is 0.00651. The number of halogens is 1. The van der Waals surface area contributed by atoms with Gasteiger partial charge in [-0.3, -0.25) is 0 Å². The van der Waals surface area contributed by atoms with E-state index in [9.17, 15) is 4.39 Å². The molecule has 0 spiro atoms. The predicted molar refractivity (Wildman–Crippen MR) is 57.4 cm³/mol. The van der Waals surface area contributed by atoms with Crippen molar-refractivity contribution in [2.75, 3.05) is 19.5 Å². The smallest absolute Gasteiger partial charge is 0.149 e. The lowest BCUT2D eigenvalue weighted by Crippen LogP contribution is -2.14. The summed E-state index contributed by atoms with van der Waals surface area (Å²) >= 11 is 0. The fourth-order valence-corrected chi connectivity index (χ4v) is 1.16. The number of nitrogen functional groups attached to an aromatic ring is 1. The van der Waals surface area contributed by atoms with Crippen molar-refractivity contribution < 1.29 is 13.9 Å². The van der Waals surface area contributed by atoms with Crippen LogP contribution in [0, 0.1) is 5.82 Å². The number of methoxy groups -OCH3 is 1. The molecule has 1 aromatic rings. The van der Waals surface area contributed by atoms with E-state index in [1.54, 1.807) is 13.2 Å². The zero-order valence-electron chi connectivity index (χ0n) is 9.00.